The van der Waals surface area contributed by atoms with Crippen LogP contribution in [0.25, 0.3) is 54.4 Å². The Labute approximate surface area is 184 Å². The SMILES string of the molecule is c1ccc2c(c1)Cc1cc3c(cc1C2)c1c2ccccc2[nH]c1c1[nH]c2ccccc2c31. The van der Waals surface area contributed by atoms with Gasteiger partial charge in [0.15, 0.2) is 0 Å². The van der Waals surface area contributed by atoms with Crippen LogP contribution in [0.4, 0.5) is 0 Å². The number of hydrogen-bond donors (Lipinski definition) is 2. The highest BCUT2D eigenvalue weighted by molar-refractivity contribution is 6.35. The Morgan fingerprint density at radius 1 is 0.438 bits per heavy atom. The van der Waals surface area contributed by atoms with Gasteiger partial charge in [-0.2, -0.15) is 0 Å². The van der Waals surface area contributed by atoms with E-state index in [1.807, 2.05) is 0 Å². The molecule has 5 aromatic carbocycles. The summed E-state index contributed by atoms with van der Waals surface area (Å²) in [6.07, 6.45) is 2.02. The third-order valence-corrected chi connectivity index (χ3v) is 7.42. The number of nitrogens with one attached hydrogen (secondary N) is 2. The van der Waals surface area contributed by atoms with Crippen LogP contribution >= 0.6 is 0 Å². The van der Waals surface area contributed by atoms with Gasteiger partial charge in [-0.25, -0.2) is 0 Å². The van der Waals surface area contributed by atoms with Gasteiger partial charge in [0.2, 0.25) is 0 Å². The van der Waals surface area contributed by atoms with E-state index in [2.05, 4.69) is 94.9 Å². The van der Waals surface area contributed by atoms with E-state index >= 15 is 0 Å². The van der Waals surface area contributed by atoms with Gasteiger partial charge in [0.1, 0.15) is 0 Å². The molecule has 2 nitrogen and oxygen atoms in total. The molecular weight excluding hydrogens is 388 g/mol. The molecule has 0 saturated carbocycles. The second-order valence-electron chi connectivity index (χ2n) is 9.13. The van der Waals surface area contributed by atoms with Crippen molar-refractivity contribution in [3.63, 3.8) is 0 Å². The molecule has 2 heterocycles. The van der Waals surface area contributed by atoms with Crippen LogP contribution in [-0.2, 0) is 12.8 Å². The Balaban J connectivity index is 1.61. The molecule has 7 aromatic rings. The van der Waals surface area contributed by atoms with Crippen LogP contribution in [0.2, 0.25) is 0 Å². The van der Waals surface area contributed by atoms with E-state index in [9.17, 15) is 0 Å². The van der Waals surface area contributed by atoms with Crippen LogP contribution in [-0.4, -0.2) is 9.97 Å². The van der Waals surface area contributed by atoms with E-state index in [0.29, 0.717) is 0 Å². The average molecular weight is 409 g/mol. The fraction of sp³-hybridized carbons (Fsp3) is 0.0667. The van der Waals surface area contributed by atoms with Gasteiger partial charge in [0.05, 0.1) is 11.0 Å². The lowest BCUT2D eigenvalue weighted by Crippen LogP contribution is -2.07. The van der Waals surface area contributed by atoms with Gasteiger partial charge >= 0.3 is 0 Å². The van der Waals surface area contributed by atoms with Gasteiger partial charge in [-0.1, -0.05) is 60.7 Å². The highest BCUT2D eigenvalue weighted by Crippen LogP contribution is 2.43. The molecule has 32 heavy (non-hydrogen) atoms. The monoisotopic (exact) mass is 408 g/mol. The molecule has 150 valence electrons. The van der Waals surface area contributed by atoms with E-state index in [1.54, 1.807) is 0 Å². The molecule has 0 unspecified atom stereocenters. The average Bonchev–Trinajstić information content (AvgIpc) is 3.41. The summed E-state index contributed by atoms with van der Waals surface area (Å²) in [7, 11) is 0. The van der Waals surface area contributed by atoms with Crippen molar-refractivity contribution in [2.45, 2.75) is 12.8 Å². The number of hydrogen-bond acceptors (Lipinski definition) is 0. The summed E-state index contributed by atoms with van der Waals surface area (Å²) in [6.45, 7) is 0. The Morgan fingerprint density at radius 3 is 1.38 bits per heavy atom. The quantitative estimate of drug-likeness (QED) is 0.259. The lowest BCUT2D eigenvalue weighted by Gasteiger charge is -2.21. The molecule has 2 aromatic heterocycles. The molecule has 0 fully saturated rings. The Morgan fingerprint density at radius 2 is 0.875 bits per heavy atom. The predicted molar refractivity (Wildman–Crippen MR) is 135 cm³/mol. The van der Waals surface area contributed by atoms with Crippen molar-refractivity contribution in [1.82, 2.24) is 9.97 Å². The summed E-state index contributed by atoms with van der Waals surface area (Å²) >= 11 is 0. The van der Waals surface area contributed by atoms with Crippen LogP contribution in [0.15, 0.2) is 84.9 Å². The molecule has 0 radical (unpaired) electrons. The first-order valence-corrected chi connectivity index (χ1v) is 11.3. The van der Waals surface area contributed by atoms with Crippen LogP contribution in [0.5, 0.6) is 0 Å². The first kappa shape index (κ1) is 16.6. The molecule has 1 aliphatic carbocycles. The maximum Gasteiger partial charge on any atom is 0.0717 e. The molecule has 0 bridgehead atoms. The maximum atomic E-state index is 3.74. The molecule has 8 rings (SSSR count). The van der Waals surface area contributed by atoms with E-state index in [1.165, 1.54) is 76.6 Å². The van der Waals surface area contributed by atoms with E-state index in [0.717, 1.165) is 12.8 Å². The lowest BCUT2D eigenvalue weighted by molar-refractivity contribution is 1.01. The van der Waals surface area contributed by atoms with Gasteiger partial charge < -0.3 is 9.97 Å². The van der Waals surface area contributed by atoms with Gasteiger partial charge in [0.25, 0.3) is 0 Å². The van der Waals surface area contributed by atoms with Crippen molar-refractivity contribution >= 4 is 54.4 Å². The Hall–Kier alpha value is -4.04. The summed E-state index contributed by atoms with van der Waals surface area (Å²) in [5.41, 5.74) is 10.6. The molecular formula is C30H20N2. The molecule has 0 aliphatic heterocycles. The fourth-order valence-electron chi connectivity index (χ4n) is 5.96. The maximum absolute atomic E-state index is 3.74. The Bertz CT molecular complexity index is 1740. The third kappa shape index (κ3) is 2.04. The van der Waals surface area contributed by atoms with Crippen LogP contribution < -0.4 is 0 Å². The second kappa shape index (κ2) is 5.80. The van der Waals surface area contributed by atoms with Crippen molar-refractivity contribution in [2.24, 2.45) is 0 Å². The fourth-order valence-corrected chi connectivity index (χ4v) is 5.96. The van der Waals surface area contributed by atoms with Crippen molar-refractivity contribution in [3.8, 4) is 0 Å². The molecule has 1 aliphatic rings. The number of para-hydroxylation sites is 2. The van der Waals surface area contributed by atoms with E-state index in [4.69, 9.17) is 0 Å². The summed E-state index contributed by atoms with van der Waals surface area (Å²) in [5, 5.41) is 7.96. The molecule has 0 saturated heterocycles. The molecule has 2 heteroatoms. The number of aromatic nitrogens is 2. The van der Waals surface area contributed by atoms with Crippen LogP contribution in [0.3, 0.4) is 0 Å². The number of rotatable bonds is 0. The largest absolute Gasteiger partial charge is 0.353 e. The molecule has 0 atom stereocenters. The Kier molecular flexibility index (Phi) is 3.01. The van der Waals surface area contributed by atoms with Crippen molar-refractivity contribution < 1.29 is 0 Å². The minimum absolute atomic E-state index is 1.01. The number of aromatic amines is 2. The van der Waals surface area contributed by atoms with E-state index in [-0.39, 0.29) is 0 Å². The smallest absolute Gasteiger partial charge is 0.0717 e. The highest BCUT2D eigenvalue weighted by atomic mass is 14.8. The van der Waals surface area contributed by atoms with Crippen molar-refractivity contribution in [3.05, 3.63) is 107 Å². The number of H-pyrrole nitrogens is 2. The highest BCUT2D eigenvalue weighted by Gasteiger charge is 2.21. The van der Waals surface area contributed by atoms with Crippen molar-refractivity contribution in [1.29, 1.82) is 0 Å². The predicted octanol–water partition coefficient (Wildman–Crippen LogP) is 7.60. The first-order chi connectivity index (χ1) is 15.8. The molecule has 0 amide bonds. The zero-order chi connectivity index (χ0) is 20.8. The van der Waals surface area contributed by atoms with Gasteiger partial charge in [-0.05, 0) is 70.1 Å². The standard InChI is InChI=1S/C30H20N2/c1-2-8-18-14-20-16-24-23(15-19(20)13-17(18)7-1)27-21-9-3-5-11-25(21)31-29(27)30-28(24)22-10-4-6-12-26(22)32-30/h1-12,15-16,31-32H,13-14H2. The zero-order valence-electron chi connectivity index (χ0n) is 17.5. The molecule has 2 N–H and O–H groups in total. The summed E-state index contributed by atoms with van der Waals surface area (Å²) in [4.78, 5) is 7.48. The second-order valence-corrected chi connectivity index (χ2v) is 9.13. The van der Waals surface area contributed by atoms with Crippen LogP contribution in [0.1, 0.15) is 22.3 Å². The lowest BCUT2D eigenvalue weighted by atomic mass is 9.83. The topological polar surface area (TPSA) is 31.6 Å². The van der Waals surface area contributed by atoms with Gasteiger partial charge in [-0.15, -0.1) is 0 Å². The third-order valence-electron chi connectivity index (χ3n) is 7.42. The summed E-state index contributed by atoms with van der Waals surface area (Å²) in [6, 6.07) is 31.2. The van der Waals surface area contributed by atoms with Crippen LogP contribution in [0, 0.1) is 0 Å². The minimum Gasteiger partial charge on any atom is -0.353 e. The minimum atomic E-state index is 1.01. The number of benzene rings is 5. The zero-order valence-corrected chi connectivity index (χ0v) is 17.5. The summed E-state index contributed by atoms with van der Waals surface area (Å²) < 4.78 is 0. The van der Waals surface area contributed by atoms with Crippen molar-refractivity contribution in [2.75, 3.05) is 0 Å². The normalized spacial score (nSPS) is 13.4. The number of fused-ring (bicyclic) bond motifs is 12. The van der Waals surface area contributed by atoms with Gasteiger partial charge in [-0.3, -0.25) is 0 Å². The van der Waals surface area contributed by atoms with E-state index < -0.39 is 0 Å². The summed E-state index contributed by atoms with van der Waals surface area (Å²) in [5.74, 6) is 0. The molecule has 0 spiro atoms. The van der Waals surface area contributed by atoms with Gasteiger partial charge in [0, 0.05) is 32.6 Å². The first-order valence-electron chi connectivity index (χ1n) is 11.3.